The molecular formula is C19H26N2O. The van der Waals surface area contributed by atoms with Crippen LogP contribution in [0.25, 0.3) is 10.9 Å². The molecule has 0 amide bonds. The van der Waals surface area contributed by atoms with Gasteiger partial charge in [0, 0.05) is 36.4 Å². The van der Waals surface area contributed by atoms with Crippen molar-refractivity contribution in [2.24, 2.45) is 0 Å². The molecule has 2 aliphatic rings. The molecule has 2 unspecified atom stereocenters. The standard InChI is InChI=1S/C19H26N2O/c1-13(18-3-2-8-20-18)17-12-21-19-5-4-15(11-16(17)19)14-6-9-22-10-7-14/h4-5,11-14,18,20-21H,2-3,6-10H2,1H3. The topological polar surface area (TPSA) is 37.0 Å². The van der Waals surface area contributed by atoms with Crippen LogP contribution in [0, 0.1) is 0 Å². The third-order valence-corrected chi connectivity index (χ3v) is 5.62. The molecule has 3 nitrogen and oxygen atoms in total. The highest BCUT2D eigenvalue weighted by molar-refractivity contribution is 5.84. The molecule has 2 atom stereocenters. The number of H-pyrrole nitrogens is 1. The Morgan fingerprint density at radius 2 is 2.05 bits per heavy atom. The van der Waals surface area contributed by atoms with Crippen LogP contribution >= 0.6 is 0 Å². The Kier molecular flexibility index (Phi) is 3.93. The lowest BCUT2D eigenvalue weighted by Crippen LogP contribution is -2.27. The summed E-state index contributed by atoms with van der Waals surface area (Å²) in [5.41, 5.74) is 4.24. The van der Waals surface area contributed by atoms with Gasteiger partial charge in [-0.05, 0) is 67.3 Å². The molecule has 22 heavy (non-hydrogen) atoms. The zero-order chi connectivity index (χ0) is 14.9. The monoisotopic (exact) mass is 298 g/mol. The van der Waals surface area contributed by atoms with E-state index >= 15 is 0 Å². The molecule has 1 aromatic heterocycles. The van der Waals surface area contributed by atoms with Gasteiger partial charge in [-0.15, -0.1) is 0 Å². The van der Waals surface area contributed by atoms with E-state index in [4.69, 9.17) is 4.74 Å². The number of aromatic nitrogens is 1. The first kappa shape index (κ1) is 14.3. The van der Waals surface area contributed by atoms with Crippen LogP contribution in [0.2, 0.25) is 0 Å². The minimum atomic E-state index is 0.571. The molecule has 0 spiro atoms. The van der Waals surface area contributed by atoms with Gasteiger partial charge in [-0.1, -0.05) is 13.0 Å². The Hall–Kier alpha value is -1.32. The molecule has 2 saturated heterocycles. The van der Waals surface area contributed by atoms with Gasteiger partial charge in [0.2, 0.25) is 0 Å². The molecule has 0 aliphatic carbocycles. The van der Waals surface area contributed by atoms with Crippen molar-refractivity contribution in [3.8, 4) is 0 Å². The van der Waals surface area contributed by atoms with Crippen molar-refractivity contribution in [1.29, 1.82) is 0 Å². The lowest BCUT2D eigenvalue weighted by Gasteiger charge is -2.23. The third-order valence-electron chi connectivity index (χ3n) is 5.62. The highest BCUT2D eigenvalue weighted by Crippen LogP contribution is 2.34. The molecule has 2 aliphatic heterocycles. The van der Waals surface area contributed by atoms with Crippen molar-refractivity contribution in [3.05, 3.63) is 35.5 Å². The van der Waals surface area contributed by atoms with Gasteiger partial charge >= 0.3 is 0 Å². The van der Waals surface area contributed by atoms with Crippen LogP contribution < -0.4 is 5.32 Å². The summed E-state index contributed by atoms with van der Waals surface area (Å²) >= 11 is 0. The van der Waals surface area contributed by atoms with Gasteiger partial charge in [-0.2, -0.15) is 0 Å². The Balaban J connectivity index is 1.66. The summed E-state index contributed by atoms with van der Waals surface area (Å²) in [4.78, 5) is 3.47. The van der Waals surface area contributed by atoms with Crippen LogP contribution in [0.1, 0.15) is 55.6 Å². The van der Waals surface area contributed by atoms with Crippen LogP contribution in [0.4, 0.5) is 0 Å². The summed E-state index contributed by atoms with van der Waals surface area (Å²) in [5, 5.41) is 5.08. The van der Waals surface area contributed by atoms with Crippen LogP contribution in [0.3, 0.4) is 0 Å². The molecule has 2 aromatic rings. The fourth-order valence-electron chi connectivity index (χ4n) is 4.18. The minimum absolute atomic E-state index is 0.571. The third kappa shape index (κ3) is 2.57. The van der Waals surface area contributed by atoms with E-state index in [0.717, 1.165) is 26.1 Å². The number of fused-ring (bicyclic) bond motifs is 1. The van der Waals surface area contributed by atoms with Gasteiger partial charge in [-0.3, -0.25) is 0 Å². The highest BCUT2D eigenvalue weighted by Gasteiger charge is 2.24. The van der Waals surface area contributed by atoms with Crippen molar-refractivity contribution in [2.75, 3.05) is 19.8 Å². The van der Waals surface area contributed by atoms with Crippen LogP contribution in [0.5, 0.6) is 0 Å². The number of aromatic amines is 1. The van der Waals surface area contributed by atoms with Gasteiger partial charge in [-0.25, -0.2) is 0 Å². The first-order valence-corrected chi connectivity index (χ1v) is 8.75. The minimum Gasteiger partial charge on any atom is -0.381 e. The van der Waals surface area contributed by atoms with E-state index in [9.17, 15) is 0 Å². The number of rotatable bonds is 3. The molecule has 3 heteroatoms. The number of ether oxygens (including phenoxy) is 1. The Morgan fingerprint density at radius 1 is 1.18 bits per heavy atom. The van der Waals surface area contributed by atoms with E-state index in [1.54, 1.807) is 0 Å². The Bertz CT molecular complexity index is 636. The molecule has 118 valence electrons. The van der Waals surface area contributed by atoms with Gasteiger partial charge < -0.3 is 15.0 Å². The predicted octanol–water partition coefficient (Wildman–Crippen LogP) is 3.92. The molecule has 0 bridgehead atoms. The Labute approximate surface area is 132 Å². The fraction of sp³-hybridized carbons (Fsp3) is 0.579. The van der Waals surface area contributed by atoms with E-state index in [0.29, 0.717) is 17.9 Å². The number of hydrogen-bond donors (Lipinski definition) is 2. The molecule has 2 fully saturated rings. The molecule has 3 heterocycles. The van der Waals surface area contributed by atoms with Crippen LogP contribution in [-0.4, -0.2) is 30.8 Å². The maximum atomic E-state index is 5.51. The van der Waals surface area contributed by atoms with Crippen molar-refractivity contribution < 1.29 is 4.74 Å². The molecular weight excluding hydrogens is 272 g/mol. The second kappa shape index (κ2) is 6.05. The van der Waals surface area contributed by atoms with E-state index in [1.165, 1.54) is 41.4 Å². The van der Waals surface area contributed by atoms with Gasteiger partial charge in [0.15, 0.2) is 0 Å². The number of nitrogens with one attached hydrogen (secondary N) is 2. The first-order chi connectivity index (χ1) is 10.8. The summed E-state index contributed by atoms with van der Waals surface area (Å²) < 4.78 is 5.51. The molecule has 0 radical (unpaired) electrons. The SMILES string of the molecule is CC(c1c[nH]c2ccc(C3CCOCC3)cc12)C1CCCN1. The van der Waals surface area contributed by atoms with E-state index in [2.05, 4.69) is 41.6 Å². The number of hydrogen-bond acceptors (Lipinski definition) is 2. The molecule has 1 aromatic carbocycles. The normalized spacial score (nSPS) is 24.9. The zero-order valence-corrected chi connectivity index (χ0v) is 13.4. The molecule has 4 rings (SSSR count). The predicted molar refractivity (Wildman–Crippen MR) is 90.5 cm³/mol. The van der Waals surface area contributed by atoms with Crippen molar-refractivity contribution in [2.45, 2.75) is 50.5 Å². The molecule has 2 N–H and O–H groups in total. The van der Waals surface area contributed by atoms with Crippen molar-refractivity contribution in [1.82, 2.24) is 10.3 Å². The van der Waals surface area contributed by atoms with Gasteiger partial charge in [0.1, 0.15) is 0 Å². The van der Waals surface area contributed by atoms with Crippen molar-refractivity contribution >= 4 is 10.9 Å². The second-order valence-corrected chi connectivity index (χ2v) is 6.93. The largest absolute Gasteiger partial charge is 0.381 e. The van der Waals surface area contributed by atoms with E-state index < -0.39 is 0 Å². The highest BCUT2D eigenvalue weighted by atomic mass is 16.5. The van der Waals surface area contributed by atoms with Gasteiger partial charge in [0.05, 0.1) is 0 Å². The van der Waals surface area contributed by atoms with Crippen molar-refractivity contribution in [3.63, 3.8) is 0 Å². The lowest BCUT2D eigenvalue weighted by atomic mass is 9.88. The summed E-state index contributed by atoms with van der Waals surface area (Å²) in [6, 6.07) is 7.63. The average Bonchev–Trinajstić information content (AvgIpc) is 3.24. The smallest absolute Gasteiger partial charge is 0.0471 e. The maximum Gasteiger partial charge on any atom is 0.0471 e. The summed E-state index contributed by atoms with van der Waals surface area (Å²) in [6.45, 7) is 5.35. The quantitative estimate of drug-likeness (QED) is 0.901. The number of benzene rings is 1. The first-order valence-electron chi connectivity index (χ1n) is 8.75. The summed E-state index contributed by atoms with van der Waals surface area (Å²) in [7, 11) is 0. The summed E-state index contributed by atoms with van der Waals surface area (Å²) in [6.07, 6.45) is 7.15. The van der Waals surface area contributed by atoms with E-state index in [-0.39, 0.29) is 0 Å². The second-order valence-electron chi connectivity index (χ2n) is 6.93. The lowest BCUT2D eigenvalue weighted by molar-refractivity contribution is 0.0853. The van der Waals surface area contributed by atoms with Crippen LogP contribution in [0.15, 0.2) is 24.4 Å². The zero-order valence-electron chi connectivity index (χ0n) is 13.4. The van der Waals surface area contributed by atoms with E-state index in [1.807, 2.05) is 0 Å². The fourth-order valence-corrected chi connectivity index (χ4v) is 4.18. The average molecular weight is 298 g/mol. The molecule has 0 saturated carbocycles. The maximum absolute atomic E-state index is 5.51. The van der Waals surface area contributed by atoms with Crippen LogP contribution in [-0.2, 0) is 4.74 Å². The summed E-state index contributed by atoms with van der Waals surface area (Å²) in [5.74, 6) is 1.24. The Morgan fingerprint density at radius 3 is 2.82 bits per heavy atom. The van der Waals surface area contributed by atoms with Gasteiger partial charge in [0.25, 0.3) is 0 Å².